The number of hydrogen-bond donors (Lipinski definition) is 0. The van der Waals surface area contributed by atoms with Gasteiger partial charge >= 0.3 is 6.09 Å². The molecule has 0 unspecified atom stereocenters. The number of anilines is 1. The maximum absolute atomic E-state index is 13.2. The fraction of sp³-hybridized carbons (Fsp3) is 0.556. The van der Waals surface area contributed by atoms with Gasteiger partial charge in [0, 0.05) is 49.3 Å². The van der Waals surface area contributed by atoms with E-state index >= 15 is 0 Å². The predicted molar refractivity (Wildman–Crippen MR) is 108 cm³/mol. The number of hydrogen-bond acceptors (Lipinski definition) is 5. The summed E-state index contributed by atoms with van der Waals surface area (Å²) in [5.74, 6) is -0.111. The number of carbonyl (C=O) groups excluding carboxylic acids is 2. The van der Waals surface area contributed by atoms with Crippen LogP contribution in [0.25, 0.3) is 0 Å². The summed E-state index contributed by atoms with van der Waals surface area (Å²) in [7, 11) is -3.77. The minimum absolute atomic E-state index is 0.00882. The van der Waals surface area contributed by atoms with Crippen LogP contribution in [0.2, 0.25) is 0 Å². The fourth-order valence-electron chi connectivity index (χ4n) is 3.76. The molecule has 2 aliphatic heterocycles. The lowest BCUT2D eigenvalue weighted by atomic mass is 10.1. The van der Waals surface area contributed by atoms with Crippen LogP contribution in [0.4, 0.5) is 10.5 Å². The highest BCUT2D eigenvalue weighted by molar-refractivity contribution is 9.10. The van der Waals surface area contributed by atoms with Crippen LogP contribution in [-0.2, 0) is 26.0 Å². The average molecular weight is 474 g/mol. The molecule has 0 aliphatic carbocycles. The first kappa shape index (κ1) is 21.1. The van der Waals surface area contributed by atoms with Gasteiger partial charge in [-0.15, -0.1) is 0 Å². The molecule has 154 valence electrons. The molecule has 28 heavy (non-hydrogen) atoms. The van der Waals surface area contributed by atoms with E-state index in [1.807, 2.05) is 6.92 Å². The zero-order valence-electron chi connectivity index (χ0n) is 16.1. The summed E-state index contributed by atoms with van der Waals surface area (Å²) < 4.78 is 33.3. The SMILES string of the molecule is CCOC(=O)N1CCN(S(=O)(=O)c2cc3c(cc2Br)C[C@H](C)N3C(C)=O)CC1. The second kappa shape index (κ2) is 8.00. The molecular formula is C18H24BrN3O5S. The Labute approximate surface area is 173 Å². The molecule has 1 fully saturated rings. The Hall–Kier alpha value is -1.65. The van der Waals surface area contributed by atoms with Gasteiger partial charge in [0.05, 0.1) is 11.5 Å². The van der Waals surface area contributed by atoms with Gasteiger partial charge in [0.25, 0.3) is 0 Å². The standard InChI is InChI=1S/C18H24BrN3O5S/c1-4-27-18(24)20-5-7-21(8-6-20)28(25,26)17-11-16-14(10-15(17)19)9-12(2)22(16)13(3)23/h10-12H,4-9H2,1-3H3/t12-/m0/s1. The van der Waals surface area contributed by atoms with E-state index in [-0.39, 0.29) is 49.6 Å². The van der Waals surface area contributed by atoms with Crippen molar-refractivity contribution in [2.75, 3.05) is 37.7 Å². The third-order valence-corrected chi connectivity index (χ3v) is 7.93. The van der Waals surface area contributed by atoms with Gasteiger partial charge in [-0.2, -0.15) is 4.31 Å². The van der Waals surface area contributed by atoms with Crippen molar-refractivity contribution in [2.24, 2.45) is 0 Å². The predicted octanol–water partition coefficient (Wildman–Crippen LogP) is 2.21. The summed E-state index contributed by atoms with van der Waals surface area (Å²) in [5.41, 5.74) is 1.59. The molecule has 0 radical (unpaired) electrons. The van der Waals surface area contributed by atoms with Crippen molar-refractivity contribution in [1.82, 2.24) is 9.21 Å². The van der Waals surface area contributed by atoms with Crippen molar-refractivity contribution in [3.63, 3.8) is 0 Å². The van der Waals surface area contributed by atoms with Gasteiger partial charge < -0.3 is 14.5 Å². The van der Waals surface area contributed by atoms with Crippen molar-refractivity contribution in [3.8, 4) is 0 Å². The van der Waals surface area contributed by atoms with Gasteiger partial charge in [-0.05, 0) is 53.9 Å². The number of sulfonamides is 1. The van der Waals surface area contributed by atoms with E-state index in [0.717, 1.165) is 5.56 Å². The summed E-state index contributed by atoms with van der Waals surface area (Å²) in [6.07, 6.45) is 0.260. The van der Waals surface area contributed by atoms with Crippen LogP contribution in [0.5, 0.6) is 0 Å². The lowest BCUT2D eigenvalue weighted by molar-refractivity contribution is -0.116. The number of benzene rings is 1. The summed E-state index contributed by atoms with van der Waals surface area (Å²) in [4.78, 5) is 27.1. The second-order valence-corrected chi connectivity index (χ2v) is 9.70. The van der Waals surface area contributed by atoms with Crippen molar-refractivity contribution in [1.29, 1.82) is 0 Å². The van der Waals surface area contributed by atoms with Crippen molar-refractivity contribution < 1.29 is 22.7 Å². The average Bonchev–Trinajstić information content (AvgIpc) is 2.96. The number of halogens is 1. The highest BCUT2D eigenvalue weighted by atomic mass is 79.9. The highest BCUT2D eigenvalue weighted by Crippen LogP contribution is 2.38. The Kier molecular flexibility index (Phi) is 6.02. The van der Waals surface area contributed by atoms with Crippen LogP contribution < -0.4 is 4.90 Å². The molecule has 1 atom stereocenters. The quantitative estimate of drug-likeness (QED) is 0.671. The molecule has 0 N–H and O–H groups in total. The van der Waals surface area contributed by atoms with Gasteiger partial charge in [0.2, 0.25) is 15.9 Å². The van der Waals surface area contributed by atoms with Gasteiger partial charge in [0.1, 0.15) is 0 Å². The highest BCUT2D eigenvalue weighted by Gasteiger charge is 2.35. The Morgan fingerprint density at radius 1 is 1.21 bits per heavy atom. The number of amides is 2. The number of piperazine rings is 1. The topological polar surface area (TPSA) is 87.2 Å². The molecule has 1 aromatic rings. The molecule has 2 aliphatic rings. The first-order valence-corrected chi connectivity index (χ1v) is 11.4. The minimum atomic E-state index is -3.77. The molecule has 0 spiro atoms. The van der Waals surface area contributed by atoms with Crippen molar-refractivity contribution in [3.05, 3.63) is 22.2 Å². The molecule has 1 aromatic carbocycles. The van der Waals surface area contributed by atoms with Crippen LogP contribution >= 0.6 is 15.9 Å². The number of fused-ring (bicyclic) bond motifs is 1. The van der Waals surface area contributed by atoms with Crippen LogP contribution in [0.1, 0.15) is 26.3 Å². The van der Waals surface area contributed by atoms with E-state index < -0.39 is 16.1 Å². The summed E-state index contributed by atoms with van der Waals surface area (Å²) in [5, 5.41) is 0. The Bertz CT molecular complexity index is 897. The minimum Gasteiger partial charge on any atom is -0.450 e. The zero-order valence-corrected chi connectivity index (χ0v) is 18.5. The van der Waals surface area contributed by atoms with E-state index in [9.17, 15) is 18.0 Å². The summed E-state index contributed by atoms with van der Waals surface area (Å²) in [6.45, 7) is 6.37. The number of nitrogens with zero attached hydrogens (tertiary/aromatic N) is 3. The van der Waals surface area contributed by atoms with Gasteiger partial charge in [-0.3, -0.25) is 4.79 Å². The van der Waals surface area contributed by atoms with E-state index in [2.05, 4.69) is 15.9 Å². The second-order valence-electron chi connectivity index (χ2n) is 6.94. The van der Waals surface area contributed by atoms with E-state index in [1.165, 1.54) is 16.1 Å². The van der Waals surface area contributed by atoms with Crippen LogP contribution in [-0.4, -0.2) is 68.5 Å². The summed E-state index contributed by atoms with van der Waals surface area (Å²) in [6, 6.07) is 3.36. The molecular weight excluding hydrogens is 450 g/mol. The first-order chi connectivity index (χ1) is 13.2. The maximum Gasteiger partial charge on any atom is 0.409 e. The molecule has 10 heteroatoms. The smallest absolute Gasteiger partial charge is 0.409 e. The molecule has 0 aromatic heterocycles. The van der Waals surface area contributed by atoms with Crippen molar-refractivity contribution in [2.45, 2.75) is 38.1 Å². The molecule has 8 nitrogen and oxygen atoms in total. The molecule has 3 rings (SSSR count). The summed E-state index contributed by atoms with van der Waals surface area (Å²) >= 11 is 3.39. The lowest BCUT2D eigenvalue weighted by Gasteiger charge is -2.33. The zero-order chi connectivity index (χ0) is 20.6. The molecule has 2 amide bonds. The lowest BCUT2D eigenvalue weighted by Crippen LogP contribution is -2.50. The number of rotatable bonds is 3. The third-order valence-electron chi connectivity index (χ3n) is 5.07. The Morgan fingerprint density at radius 2 is 1.86 bits per heavy atom. The van der Waals surface area contributed by atoms with E-state index in [4.69, 9.17) is 4.74 Å². The van der Waals surface area contributed by atoms with Crippen molar-refractivity contribution >= 4 is 43.6 Å². The fourth-order valence-corrected chi connectivity index (χ4v) is 6.25. The Morgan fingerprint density at radius 3 is 2.43 bits per heavy atom. The third kappa shape index (κ3) is 3.77. The Balaban J connectivity index is 1.86. The molecule has 2 heterocycles. The first-order valence-electron chi connectivity index (χ1n) is 9.20. The van der Waals surface area contributed by atoms with Crippen LogP contribution in [0.15, 0.2) is 21.5 Å². The van der Waals surface area contributed by atoms with Crippen LogP contribution in [0, 0.1) is 0 Å². The number of ether oxygens (including phenoxy) is 1. The van der Waals surface area contributed by atoms with Gasteiger partial charge in [0.15, 0.2) is 0 Å². The van der Waals surface area contributed by atoms with Crippen LogP contribution in [0.3, 0.4) is 0 Å². The molecule has 0 bridgehead atoms. The molecule has 0 saturated carbocycles. The van der Waals surface area contributed by atoms with Gasteiger partial charge in [-0.25, -0.2) is 13.2 Å². The normalized spacial score (nSPS) is 20.2. The maximum atomic E-state index is 13.2. The monoisotopic (exact) mass is 473 g/mol. The van der Waals surface area contributed by atoms with E-state index in [1.54, 1.807) is 24.0 Å². The van der Waals surface area contributed by atoms with E-state index in [0.29, 0.717) is 16.6 Å². The molecule has 1 saturated heterocycles. The van der Waals surface area contributed by atoms with Gasteiger partial charge in [-0.1, -0.05) is 0 Å². The largest absolute Gasteiger partial charge is 0.450 e. The number of carbonyl (C=O) groups is 2.